The quantitative estimate of drug-likeness (QED) is 0.778. The maximum absolute atomic E-state index is 5.77. The number of hydrogen-bond donors (Lipinski definition) is 1. The topological polar surface area (TPSA) is 21.3 Å². The molecular weight excluding hydrogens is 222 g/mol. The van der Waals surface area contributed by atoms with Gasteiger partial charge in [-0.15, -0.1) is 0 Å². The van der Waals surface area contributed by atoms with Crippen molar-refractivity contribution in [1.82, 2.24) is 5.32 Å². The summed E-state index contributed by atoms with van der Waals surface area (Å²) in [6.07, 6.45) is 3.58. The van der Waals surface area contributed by atoms with Crippen LogP contribution in [-0.4, -0.2) is 25.3 Å². The first-order chi connectivity index (χ1) is 8.70. The van der Waals surface area contributed by atoms with Crippen molar-refractivity contribution in [1.29, 1.82) is 0 Å². The second kappa shape index (κ2) is 6.35. The zero-order valence-electron chi connectivity index (χ0n) is 11.6. The molecule has 1 aromatic rings. The highest BCUT2D eigenvalue weighted by Gasteiger charge is 2.28. The predicted molar refractivity (Wildman–Crippen MR) is 75.9 cm³/mol. The van der Waals surface area contributed by atoms with Gasteiger partial charge >= 0.3 is 0 Å². The Morgan fingerprint density at radius 2 is 2.11 bits per heavy atom. The average Bonchev–Trinajstić information content (AvgIpc) is 2.83. The van der Waals surface area contributed by atoms with Crippen molar-refractivity contribution in [3.63, 3.8) is 0 Å². The van der Waals surface area contributed by atoms with Gasteiger partial charge < -0.3 is 10.1 Å². The normalized spacial score (nSPS) is 25.2. The lowest BCUT2D eigenvalue weighted by Gasteiger charge is -2.24. The van der Waals surface area contributed by atoms with Gasteiger partial charge in [0.15, 0.2) is 0 Å². The summed E-state index contributed by atoms with van der Waals surface area (Å²) in [5.41, 5.74) is 1.51. The summed E-state index contributed by atoms with van der Waals surface area (Å²) in [7, 11) is 0. The molecule has 1 aromatic carbocycles. The molecule has 1 aliphatic heterocycles. The molecule has 2 heteroatoms. The molecule has 0 spiro atoms. The fraction of sp³-hybridized carbons (Fsp3) is 0.625. The van der Waals surface area contributed by atoms with Gasteiger partial charge in [-0.2, -0.15) is 0 Å². The van der Waals surface area contributed by atoms with Gasteiger partial charge in [0.25, 0.3) is 0 Å². The molecule has 2 rings (SSSR count). The van der Waals surface area contributed by atoms with E-state index in [2.05, 4.69) is 49.5 Å². The smallest absolute Gasteiger partial charge is 0.0779 e. The first-order valence-corrected chi connectivity index (χ1v) is 7.09. The van der Waals surface area contributed by atoms with Crippen LogP contribution in [-0.2, 0) is 4.74 Å². The fourth-order valence-corrected chi connectivity index (χ4v) is 2.60. The van der Waals surface area contributed by atoms with E-state index in [1.54, 1.807) is 0 Å². The Morgan fingerprint density at radius 3 is 2.78 bits per heavy atom. The maximum atomic E-state index is 5.77. The third-order valence-corrected chi connectivity index (χ3v) is 3.92. The van der Waals surface area contributed by atoms with Crippen molar-refractivity contribution in [3.05, 3.63) is 35.9 Å². The van der Waals surface area contributed by atoms with Crippen LogP contribution < -0.4 is 5.32 Å². The molecule has 1 N–H and O–H groups in total. The van der Waals surface area contributed by atoms with Gasteiger partial charge in [0.2, 0.25) is 0 Å². The fourth-order valence-electron chi connectivity index (χ4n) is 2.60. The van der Waals surface area contributed by atoms with Crippen molar-refractivity contribution in [2.24, 2.45) is 0 Å². The van der Waals surface area contributed by atoms with Gasteiger partial charge in [0.05, 0.1) is 5.60 Å². The van der Waals surface area contributed by atoms with E-state index in [9.17, 15) is 0 Å². The summed E-state index contributed by atoms with van der Waals surface area (Å²) in [6, 6.07) is 10.7. The van der Waals surface area contributed by atoms with Crippen LogP contribution in [0.25, 0.3) is 0 Å². The van der Waals surface area contributed by atoms with Gasteiger partial charge in [-0.25, -0.2) is 0 Å². The summed E-state index contributed by atoms with van der Waals surface area (Å²) in [5, 5.41) is 3.54. The number of benzene rings is 1. The van der Waals surface area contributed by atoms with E-state index < -0.39 is 0 Å². The monoisotopic (exact) mass is 247 g/mol. The third-order valence-electron chi connectivity index (χ3n) is 3.92. The number of hydrogen-bond acceptors (Lipinski definition) is 2. The van der Waals surface area contributed by atoms with Gasteiger partial charge in [0.1, 0.15) is 0 Å². The van der Waals surface area contributed by atoms with Crippen molar-refractivity contribution in [2.45, 2.75) is 44.6 Å². The Morgan fingerprint density at radius 1 is 1.33 bits per heavy atom. The molecule has 0 bridgehead atoms. The lowest BCUT2D eigenvalue weighted by Crippen LogP contribution is -2.37. The minimum absolute atomic E-state index is 0.0794. The van der Waals surface area contributed by atoms with Crippen molar-refractivity contribution < 1.29 is 4.74 Å². The summed E-state index contributed by atoms with van der Waals surface area (Å²) >= 11 is 0. The first-order valence-electron chi connectivity index (χ1n) is 7.09. The summed E-state index contributed by atoms with van der Waals surface area (Å²) in [6.45, 7) is 7.49. The van der Waals surface area contributed by atoms with E-state index in [4.69, 9.17) is 4.74 Å². The van der Waals surface area contributed by atoms with Gasteiger partial charge in [-0.1, -0.05) is 37.3 Å². The largest absolute Gasteiger partial charge is 0.374 e. The van der Waals surface area contributed by atoms with Crippen molar-refractivity contribution in [2.75, 3.05) is 19.7 Å². The van der Waals surface area contributed by atoms with E-state index in [1.165, 1.54) is 24.8 Å². The number of nitrogens with one attached hydrogen (secondary N) is 1. The molecule has 0 aromatic heterocycles. The average molecular weight is 247 g/mol. The second-order valence-electron chi connectivity index (χ2n) is 5.68. The molecule has 2 atom stereocenters. The van der Waals surface area contributed by atoms with Gasteiger partial charge in [0, 0.05) is 13.2 Å². The Hall–Kier alpha value is -0.860. The molecule has 2 nitrogen and oxygen atoms in total. The highest BCUT2D eigenvalue weighted by Crippen LogP contribution is 2.24. The number of rotatable bonds is 6. The first kappa shape index (κ1) is 13.6. The molecule has 0 aliphatic carbocycles. The zero-order chi connectivity index (χ0) is 12.8. The van der Waals surface area contributed by atoms with Crippen LogP contribution in [0, 0.1) is 0 Å². The molecule has 0 radical (unpaired) electrons. The Labute approximate surface area is 111 Å². The molecule has 18 heavy (non-hydrogen) atoms. The van der Waals surface area contributed by atoms with Crippen LogP contribution in [0.2, 0.25) is 0 Å². The molecular formula is C16H25NO. The molecule has 1 aliphatic rings. The standard InChI is InChI=1S/C16H25NO/c1-14(15-7-4-3-5-8-15)9-11-17-13-16(2)10-6-12-18-16/h3-5,7-8,14,17H,6,9-13H2,1-2H3. The third kappa shape index (κ3) is 3.82. The van der Waals surface area contributed by atoms with E-state index in [0.29, 0.717) is 5.92 Å². The highest BCUT2D eigenvalue weighted by molar-refractivity contribution is 5.18. The van der Waals surface area contributed by atoms with E-state index in [1.807, 2.05) is 0 Å². The Bertz CT molecular complexity index is 343. The van der Waals surface area contributed by atoms with Crippen LogP contribution >= 0.6 is 0 Å². The summed E-state index contributed by atoms with van der Waals surface area (Å²) < 4.78 is 5.77. The van der Waals surface area contributed by atoms with Crippen LogP contribution in [0.1, 0.15) is 44.6 Å². The molecule has 0 amide bonds. The minimum Gasteiger partial charge on any atom is -0.374 e. The van der Waals surface area contributed by atoms with Crippen molar-refractivity contribution in [3.8, 4) is 0 Å². The zero-order valence-corrected chi connectivity index (χ0v) is 11.6. The molecule has 1 fully saturated rings. The maximum Gasteiger partial charge on any atom is 0.0779 e. The summed E-state index contributed by atoms with van der Waals surface area (Å²) in [5.74, 6) is 0.621. The molecule has 2 unspecified atom stereocenters. The second-order valence-corrected chi connectivity index (χ2v) is 5.68. The predicted octanol–water partition coefficient (Wildman–Crippen LogP) is 3.34. The Balaban J connectivity index is 1.66. The molecule has 100 valence electrons. The highest BCUT2D eigenvalue weighted by atomic mass is 16.5. The molecule has 1 heterocycles. The summed E-state index contributed by atoms with van der Waals surface area (Å²) in [4.78, 5) is 0. The Kier molecular flexibility index (Phi) is 4.79. The van der Waals surface area contributed by atoms with Crippen LogP contribution in [0.4, 0.5) is 0 Å². The molecule has 1 saturated heterocycles. The van der Waals surface area contributed by atoms with Crippen LogP contribution in [0.5, 0.6) is 0 Å². The van der Waals surface area contributed by atoms with Gasteiger partial charge in [-0.3, -0.25) is 0 Å². The van der Waals surface area contributed by atoms with Crippen LogP contribution in [0.15, 0.2) is 30.3 Å². The van der Waals surface area contributed by atoms with E-state index >= 15 is 0 Å². The number of ether oxygens (including phenoxy) is 1. The lowest BCUT2D eigenvalue weighted by molar-refractivity contribution is 0.0209. The van der Waals surface area contributed by atoms with E-state index in [0.717, 1.165) is 19.7 Å². The lowest BCUT2D eigenvalue weighted by atomic mass is 9.97. The van der Waals surface area contributed by atoms with Gasteiger partial charge in [-0.05, 0) is 44.2 Å². The van der Waals surface area contributed by atoms with E-state index in [-0.39, 0.29) is 5.60 Å². The molecule has 0 saturated carbocycles. The van der Waals surface area contributed by atoms with Crippen molar-refractivity contribution >= 4 is 0 Å². The van der Waals surface area contributed by atoms with Crippen LogP contribution in [0.3, 0.4) is 0 Å². The minimum atomic E-state index is 0.0794. The SMILES string of the molecule is CC(CCNCC1(C)CCCO1)c1ccccc1.